The van der Waals surface area contributed by atoms with Crippen LogP contribution in [-0.2, 0) is 23.7 Å². The molecule has 34 heavy (non-hydrogen) atoms. The van der Waals surface area contributed by atoms with E-state index in [0.717, 1.165) is 0 Å². The molecule has 3 rings (SSSR count). The molecule has 3 heterocycles. The van der Waals surface area contributed by atoms with Gasteiger partial charge in [-0.2, -0.15) is 0 Å². The van der Waals surface area contributed by atoms with Crippen LogP contribution in [0.5, 0.6) is 0 Å². The van der Waals surface area contributed by atoms with Gasteiger partial charge in [-0.15, -0.1) is 48.0 Å². The van der Waals surface area contributed by atoms with Crippen molar-refractivity contribution in [2.24, 2.45) is 17.8 Å². The van der Waals surface area contributed by atoms with Crippen LogP contribution in [0, 0.1) is 17.8 Å². The third kappa shape index (κ3) is 8.33. The molecule has 204 valence electrons. The second-order valence-corrected chi connectivity index (χ2v) is 10.4. The molecule has 3 fully saturated rings. The van der Waals surface area contributed by atoms with E-state index in [2.05, 4.69) is 13.8 Å². The van der Waals surface area contributed by atoms with Gasteiger partial charge in [0.15, 0.2) is 5.79 Å². The molecular formula is C23H44I2O9. The zero-order chi connectivity index (χ0) is 24.5. The van der Waals surface area contributed by atoms with E-state index >= 15 is 0 Å². The topological polar surface area (TPSA) is 135 Å². The van der Waals surface area contributed by atoms with E-state index in [4.69, 9.17) is 24.1 Å². The summed E-state index contributed by atoms with van der Waals surface area (Å²) in [6.45, 7) is 15.3. The van der Waals surface area contributed by atoms with Crippen LogP contribution in [0.3, 0.4) is 0 Å². The van der Waals surface area contributed by atoms with Crippen molar-refractivity contribution in [1.82, 2.24) is 0 Å². The van der Waals surface area contributed by atoms with Gasteiger partial charge >= 0.3 is 5.97 Å². The van der Waals surface area contributed by atoms with E-state index in [-0.39, 0.29) is 90.6 Å². The van der Waals surface area contributed by atoms with Gasteiger partial charge in [0, 0.05) is 5.92 Å². The van der Waals surface area contributed by atoms with Gasteiger partial charge in [0.25, 0.3) is 0 Å². The number of aliphatic hydroxyl groups is 3. The largest absolute Gasteiger partial charge is 0.481 e. The van der Waals surface area contributed by atoms with E-state index in [1.807, 2.05) is 34.6 Å². The normalized spacial score (nSPS) is 41.0. The molecule has 0 unspecified atom stereocenters. The van der Waals surface area contributed by atoms with Gasteiger partial charge in [-0.05, 0) is 39.5 Å². The summed E-state index contributed by atoms with van der Waals surface area (Å²) in [6, 6.07) is 0. The molecule has 0 spiro atoms. The maximum absolute atomic E-state index is 11.0. The molecule has 9 nitrogen and oxygen atoms in total. The number of carboxylic acid groups (broad SMARTS) is 1. The number of aliphatic hydroxyl groups excluding tert-OH is 3. The number of rotatable bonds is 4. The summed E-state index contributed by atoms with van der Waals surface area (Å²) < 4.78 is 23.3. The molecule has 0 amide bonds. The molecule has 0 aliphatic carbocycles. The molecule has 0 aromatic rings. The van der Waals surface area contributed by atoms with Gasteiger partial charge in [0.2, 0.25) is 0 Å². The fraction of sp³-hybridized carbons (Fsp3) is 0.957. The highest BCUT2D eigenvalue weighted by Gasteiger charge is 2.54. The highest BCUT2D eigenvalue weighted by molar-refractivity contribution is 14.0. The Morgan fingerprint density at radius 1 is 0.794 bits per heavy atom. The summed E-state index contributed by atoms with van der Waals surface area (Å²) in [5.41, 5.74) is 0. The quantitative estimate of drug-likeness (QED) is 0.324. The maximum Gasteiger partial charge on any atom is 0.303 e. The minimum atomic E-state index is -1.10. The molecule has 3 aliphatic heterocycles. The second kappa shape index (κ2) is 14.0. The highest BCUT2D eigenvalue weighted by atomic mass is 127. The maximum atomic E-state index is 11.0. The Balaban J connectivity index is 0.000000644. The lowest BCUT2D eigenvalue weighted by molar-refractivity contribution is -0.226. The van der Waals surface area contributed by atoms with Crippen molar-refractivity contribution in [2.45, 2.75) is 123 Å². The number of halogens is 2. The van der Waals surface area contributed by atoms with Crippen molar-refractivity contribution in [1.29, 1.82) is 0 Å². The van der Waals surface area contributed by atoms with Crippen molar-refractivity contribution in [3.8, 4) is 0 Å². The number of aliphatic carboxylic acids is 1. The second-order valence-electron chi connectivity index (χ2n) is 10.4. The van der Waals surface area contributed by atoms with Crippen LogP contribution in [0.2, 0.25) is 0 Å². The molecule has 0 aromatic carbocycles. The van der Waals surface area contributed by atoms with Crippen molar-refractivity contribution < 1.29 is 44.2 Å². The smallest absolute Gasteiger partial charge is 0.303 e. The van der Waals surface area contributed by atoms with Crippen LogP contribution < -0.4 is 0 Å². The number of carboxylic acids is 1. The number of ether oxygens (including phenoxy) is 4. The molecule has 0 saturated carbocycles. The molecule has 4 N–H and O–H groups in total. The fourth-order valence-electron chi connectivity index (χ4n) is 4.75. The standard InChI is InChI=1S/C14H24O5.C9H18O4.2HI/c1-7(2)11-13-12(18-14(4,5)19-13)9(6-10(15)16)8(3)17-11;1-4(2)9-8(12)7(11)6(10)5(3)13-9;;/h7-9,11-13H,6H2,1-5H3,(H,15,16);4-12H,1-3H3;2*1H/t8-,9-,11-,12+,13-;5-,6-,7+,8+,9-;;/m00../s1. The number of fused-ring (bicyclic) bond motifs is 1. The Kier molecular flexibility index (Phi) is 14.3. The fourth-order valence-corrected chi connectivity index (χ4v) is 4.75. The Hall–Kier alpha value is 0.650. The lowest BCUT2D eigenvalue weighted by atomic mass is 9.82. The lowest BCUT2D eigenvalue weighted by Crippen LogP contribution is -2.57. The van der Waals surface area contributed by atoms with E-state index in [1.165, 1.54) is 0 Å². The predicted octanol–water partition coefficient (Wildman–Crippen LogP) is 2.79. The Morgan fingerprint density at radius 3 is 1.74 bits per heavy atom. The van der Waals surface area contributed by atoms with Gasteiger partial charge in [0.1, 0.15) is 24.4 Å². The monoisotopic (exact) mass is 718 g/mol. The summed E-state index contributed by atoms with van der Waals surface area (Å²) in [6.07, 6.45) is -4.44. The van der Waals surface area contributed by atoms with Crippen LogP contribution in [-0.4, -0.2) is 87.1 Å². The van der Waals surface area contributed by atoms with Crippen LogP contribution in [0.25, 0.3) is 0 Å². The number of hydrogen-bond donors (Lipinski definition) is 4. The first-order valence-corrected chi connectivity index (χ1v) is 11.6. The summed E-state index contributed by atoms with van der Waals surface area (Å²) >= 11 is 0. The van der Waals surface area contributed by atoms with E-state index < -0.39 is 42.3 Å². The Labute approximate surface area is 237 Å². The minimum Gasteiger partial charge on any atom is -0.481 e. The van der Waals surface area contributed by atoms with Gasteiger partial charge < -0.3 is 39.4 Å². The minimum absolute atomic E-state index is 0. The summed E-state index contributed by atoms with van der Waals surface area (Å²) in [4.78, 5) is 11.0. The van der Waals surface area contributed by atoms with Crippen molar-refractivity contribution >= 4 is 53.9 Å². The molecule has 0 aromatic heterocycles. The van der Waals surface area contributed by atoms with Gasteiger partial charge in [-0.1, -0.05) is 27.7 Å². The third-order valence-corrected chi connectivity index (χ3v) is 6.50. The first kappa shape index (κ1) is 34.6. The molecule has 3 saturated heterocycles. The average molecular weight is 718 g/mol. The summed E-state index contributed by atoms with van der Waals surface area (Å²) in [5.74, 6) is -1.24. The van der Waals surface area contributed by atoms with Crippen LogP contribution in [0.15, 0.2) is 0 Å². The summed E-state index contributed by atoms with van der Waals surface area (Å²) in [5, 5.41) is 37.5. The molecular weight excluding hydrogens is 674 g/mol. The highest BCUT2D eigenvalue weighted by Crippen LogP contribution is 2.43. The lowest BCUT2D eigenvalue weighted by Gasteiger charge is -2.42. The van der Waals surface area contributed by atoms with E-state index in [1.54, 1.807) is 6.92 Å². The molecule has 10 atom stereocenters. The van der Waals surface area contributed by atoms with E-state index in [9.17, 15) is 20.1 Å². The van der Waals surface area contributed by atoms with Crippen molar-refractivity contribution in [3.63, 3.8) is 0 Å². The average Bonchev–Trinajstić information content (AvgIpc) is 3.00. The molecule has 0 bridgehead atoms. The van der Waals surface area contributed by atoms with Crippen molar-refractivity contribution in [3.05, 3.63) is 0 Å². The van der Waals surface area contributed by atoms with Crippen LogP contribution in [0.4, 0.5) is 0 Å². The molecule has 0 radical (unpaired) electrons. The zero-order valence-corrected chi connectivity index (χ0v) is 25.9. The van der Waals surface area contributed by atoms with Gasteiger partial charge in [-0.25, -0.2) is 0 Å². The molecule has 11 heteroatoms. The van der Waals surface area contributed by atoms with Crippen LogP contribution in [0.1, 0.15) is 61.8 Å². The first-order chi connectivity index (χ1) is 14.7. The predicted molar refractivity (Wildman–Crippen MR) is 147 cm³/mol. The SMILES string of the molecule is CC(C)[C@@H]1O[C@@H](C)[C@H](CC(=O)O)[C@H]2OC(C)(C)O[C@H]21.CC(C)[C@@H]1O[C@@H](C)[C@H](O)[C@@H](O)[C@H]1O.I.I. The molecule has 3 aliphatic rings. The van der Waals surface area contributed by atoms with Gasteiger partial charge in [0.05, 0.1) is 36.9 Å². The third-order valence-electron chi connectivity index (χ3n) is 6.50. The zero-order valence-electron chi connectivity index (χ0n) is 21.3. The Morgan fingerprint density at radius 2 is 1.26 bits per heavy atom. The van der Waals surface area contributed by atoms with Crippen LogP contribution >= 0.6 is 48.0 Å². The number of hydrogen-bond acceptors (Lipinski definition) is 8. The van der Waals surface area contributed by atoms with Gasteiger partial charge in [-0.3, -0.25) is 4.79 Å². The van der Waals surface area contributed by atoms with Crippen molar-refractivity contribution in [2.75, 3.05) is 0 Å². The summed E-state index contributed by atoms with van der Waals surface area (Å²) in [7, 11) is 0. The Bertz CT molecular complexity index is 634. The number of carbonyl (C=O) groups is 1. The van der Waals surface area contributed by atoms with E-state index in [0.29, 0.717) is 5.92 Å². The first-order valence-electron chi connectivity index (χ1n) is 11.6.